The number of allylic oxidation sites excluding steroid dienone is 1. The lowest BCUT2D eigenvalue weighted by molar-refractivity contribution is -0.124. The zero-order valence-corrected chi connectivity index (χ0v) is 18.9. The molecule has 0 spiro atoms. The second-order valence-corrected chi connectivity index (χ2v) is 9.75. The van der Waals surface area contributed by atoms with Crippen molar-refractivity contribution in [3.05, 3.63) is 83.4 Å². The normalized spacial score (nSPS) is 22.2. The van der Waals surface area contributed by atoms with Crippen LogP contribution in [0, 0.1) is 0 Å². The number of hydroxylamine groups is 1. The molecule has 1 unspecified atom stereocenters. The Hall–Kier alpha value is -3.25. The predicted octanol–water partition coefficient (Wildman–Crippen LogP) is 0.681. The van der Waals surface area contributed by atoms with Crippen LogP contribution in [0.3, 0.4) is 0 Å². The van der Waals surface area contributed by atoms with E-state index in [-0.39, 0.29) is 4.91 Å². The van der Waals surface area contributed by atoms with Gasteiger partial charge in [-0.25, -0.2) is 17.9 Å². The van der Waals surface area contributed by atoms with Gasteiger partial charge in [0.2, 0.25) is 0 Å². The van der Waals surface area contributed by atoms with Gasteiger partial charge in [0.25, 0.3) is 15.9 Å². The van der Waals surface area contributed by atoms with Gasteiger partial charge in [0, 0.05) is 63.2 Å². The molecular formula is C22H26N6O4S. The molecule has 33 heavy (non-hydrogen) atoms. The van der Waals surface area contributed by atoms with Crippen molar-refractivity contribution in [1.29, 1.82) is 0 Å². The lowest BCUT2D eigenvalue weighted by Gasteiger charge is -2.47. The molecule has 3 N–H and O–H groups in total. The number of dihydropyridines is 1. The van der Waals surface area contributed by atoms with Crippen LogP contribution in [0.2, 0.25) is 0 Å². The van der Waals surface area contributed by atoms with Gasteiger partial charge in [0.05, 0.1) is 0 Å². The summed E-state index contributed by atoms with van der Waals surface area (Å²) >= 11 is 0. The largest absolute Gasteiger partial charge is 0.365 e. The van der Waals surface area contributed by atoms with Crippen LogP contribution in [0.1, 0.15) is 11.1 Å². The first-order valence-electron chi connectivity index (χ1n) is 10.4. The highest BCUT2D eigenvalue weighted by Gasteiger charge is 2.39. The molecule has 2 aliphatic rings. The van der Waals surface area contributed by atoms with Crippen LogP contribution in [0.15, 0.2) is 72.3 Å². The second-order valence-electron chi connectivity index (χ2n) is 7.91. The van der Waals surface area contributed by atoms with Crippen molar-refractivity contribution in [3.8, 4) is 0 Å². The number of aromatic nitrogens is 2. The Morgan fingerprint density at radius 3 is 2.58 bits per heavy atom. The van der Waals surface area contributed by atoms with Crippen molar-refractivity contribution in [3.63, 3.8) is 0 Å². The third-order valence-electron chi connectivity index (χ3n) is 5.85. The number of nitrogens with zero attached hydrogens (tertiary/aromatic N) is 4. The molecule has 1 amide bonds. The maximum Gasteiger partial charge on any atom is 0.269 e. The van der Waals surface area contributed by atoms with Gasteiger partial charge >= 0.3 is 0 Å². The third kappa shape index (κ3) is 4.62. The van der Waals surface area contributed by atoms with Crippen molar-refractivity contribution < 1.29 is 18.4 Å². The molecule has 174 valence electrons. The fraction of sp³-hybridized carbons (Fsp3) is 0.273. The van der Waals surface area contributed by atoms with Crippen molar-refractivity contribution >= 4 is 22.0 Å². The molecule has 0 aliphatic carbocycles. The van der Waals surface area contributed by atoms with Gasteiger partial charge in [-0.15, -0.1) is 0 Å². The Balaban J connectivity index is 1.61. The number of pyridine rings is 1. The average Bonchev–Trinajstić information content (AvgIpc) is 3.33. The van der Waals surface area contributed by atoms with Crippen LogP contribution in [0.4, 0.5) is 0 Å². The molecular weight excluding hydrogens is 444 g/mol. The number of carbonyl (C=O) groups is 1. The van der Waals surface area contributed by atoms with Crippen molar-refractivity contribution in [2.24, 2.45) is 0 Å². The molecule has 2 aromatic rings. The van der Waals surface area contributed by atoms with Gasteiger partial charge in [-0.1, -0.05) is 0 Å². The summed E-state index contributed by atoms with van der Waals surface area (Å²) in [6.45, 7) is 3.46. The first-order valence-corrected chi connectivity index (χ1v) is 11.9. The Kier molecular flexibility index (Phi) is 6.47. The SMILES string of the molecule is CN1CCN(C2(c3ccncc3)C=CC(S(=O)(=O)n3ccc(/C=C/C(=O)NO)c3)=CN2)CC1. The minimum absolute atomic E-state index is 0.112. The highest BCUT2D eigenvalue weighted by Crippen LogP contribution is 2.32. The molecule has 2 aliphatic heterocycles. The molecule has 1 saturated heterocycles. The second kappa shape index (κ2) is 9.32. The monoisotopic (exact) mass is 470 g/mol. The van der Waals surface area contributed by atoms with Gasteiger partial charge in [-0.05, 0) is 54.6 Å². The van der Waals surface area contributed by atoms with E-state index in [1.807, 2.05) is 18.2 Å². The number of likely N-dealkylation sites (N-methyl/N-ethyl adjacent to an activating group) is 1. The van der Waals surface area contributed by atoms with Crippen LogP contribution >= 0.6 is 0 Å². The van der Waals surface area contributed by atoms with E-state index in [1.165, 1.54) is 30.1 Å². The average molecular weight is 471 g/mol. The van der Waals surface area contributed by atoms with Gasteiger partial charge < -0.3 is 10.2 Å². The highest BCUT2D eigenvalue weighted by molar-refractivity contribution is 7.94. The summed E-state index contributed by atoms with van der Waals surface area (Å²) in [6, 6.07) is 5.41. The van der Waals surface area contributed by atoms with Crippen LogP contribution in [0.25, 0.3) is 6.08 Å². The fourth-order valence-electron chi connectivity index (χ4n) is 3.94. The molecule has 4 rings (SSSR count). The number of piperazine rings is 1. The molecule has 4 heterocycles. The molecule has 0 bridgehead atoms. The Morgan fingerprint density at radius 1 is 1.21 bits per heavy atom. The lowest BCUT2D eigenvalue weighted by atomic mass is 9.95. The Morgan fingerprint density at radius 2 is 1.94 bits per heavy atom. The summed E-state index contributed by atoms with van der Waals surface area (Å²) in [4.78, 5) is 19.9. The van der Waals surface area contributed by atoms with Crippen molar-refractivity contribution in [2.75, 3.05) is 33.2 Å². The summed E-state index contributed by atoms with van der Waals surface area (Å²) < 4.78 is 27.5. The quantitative estimate of drug-likeness (QED) is 0.320. The number of rotatable bonds is 6. The zero-order chi connectivity index (χ0) is 23.5. The summed E-state index contributed by atoms with van der Waals surface area (Å²) in [5, 5.41) is 11.9. The fourth-order valence-corrected chi connectivity index (χ4v) is 5.11. The molecule has 10 nitrogen and oxygen atoms in total. The molecule has 1 fully saturated rings. The maximum absolute atomic E-state index is 13.2. The number of amides is 1. The topological polar surface area (TPSA) is 120 Å². The van der Waals surface area contributed by atoms with E-state index in [9.17, 15) is 13.2 Å². The standard InChI is InChI=1S/C22H26N6O4S/c1-26-12-14-27(15-13-26)22(19-5-9-23-10-6-19)8-4-20(16-24-22)33(31,32)28-11-7-18(17-28)2-3-21(29)25-30/h2-11,16-17,24,30H,12-15H2,1H3,(H,25,29)/b3-2+. The minimum atomic E-state index is -3.85. The first kappa shape index (κ1) is 22.9. The maximum atomic E-state index is 13.2. The van der Waals surface area contributed by atoms with E-state index in [2.05, 4.69) is 27.1 Å². The highest BCUT2D eigenvalue weighted by atomic mass is 32.2. The van der Waals surface area contributed by atoms with Gasteiger partial charge in [-0.2, -0.15) is 0 Å². The third-order valence-corrected chi connectivity index (χ3v) is 7.48. The van der Waals surface area contributed by atoms with Crippen molar-refractivity contribution in [1.82, 2.24) is 29.6 Å². The molecule has 0 radical (unpaired) electrons. The van der Waals surface area contributed by atoms with E-state index in [1.54, 1.807) is 24.5 Å². The minimum Gasteiger partial charge on any atom is -0.365 e. The van der Waals surface area contributed by atoms with E-state index in [4.69, 9.17) is 5.21 Å². The Bertz CT molecular complexity index is 1200. The van der Waals surface area contributed by atoms with Gasteiger partial charge in [-0.3, -0.25) is 19.9 Å². The zero-order valence-electron chi connectivity index (χ0n) is 18.1. The van der Waals surface area contributed by atoms with Crippen LogP contribution in [-0.2, 0) is 20.5 Å². The summed E-state index contributed by atoms with van der Waals surface area (Å²) in [6.07, 6.45) is 13.8. The molecule has 2 aromatic heterocycles. The number of hydrogen-bond acceptors (Lipinski definition) is 8. The number of nitrogens with one attached hydrogen (secondary N) is 2. The van der Waals surface area contributed by atoms with E-state index in [0.29, 0.717) is 5.56 Å². The van der Waals surface area contributed by atoms with Crippen LogP contribution in [-0.4, -0.2) is 71.5 Å². The van der Waals surface area contributed by atoms with Gasteiger partial charge in [0.1, 0.15) is 10.6 Å². The molecule has 0 aromatic carbocycles. The van der Waals surface area contributed by atoms with E-state index >= 15 is 0 Å². The van der Waals surface area contributed by atoms with E-state index in [0.717, 1.165) is 41.8 Å². The first-order chi connectivity index (χ1) is 15.8. The molecule has 0 saturated carbocycles. The number of hydrogen-bond donors (Lipinski definition) is 3. The van der Waals surface area contributed by atoms with Crippen LogP contribution < -0.4 is 10.8 Å². The summed E-state index contributed by atoms with van der Waals surface area (Å²) in [5.74, 6) is -0.705. The lowest BCUT2D eigenvalue weighted by Crippen LogP contribution is -2.59. The van der Waals surface area contributed by atoms with Crippen molar-refractivity contribution in [2.45, 2.75) is 5.66 Å². The molecule has 11 heteroatoms. The Labute approximate surface area is 192 Å². The number of carbonyl (C=O) groups excluding carboxylic acids is 1. The summed E-state index contributed by atoms with van der Waals surface area (Å²) in [5.41, 5.74) is 2.28. The predicted molar refractivity (Wildman–Crippen MR) is 123 cm³/mol. The van der Waals surface area contributed by atoms with E-state index < -0.39 is 21.6 Å². The molecule has 1 atom stereocenters. The smallest absolute Gasteiger partial charge is 0.269 e. The van der Waals surface area contributed by atoms with Gasteiger partial charge in [0.15, 0.2) is 0 Å². The summed E-state index contributed by atoms with van der Waals surface area (Å²) in [7, 11) is -1.77. The van der Waals surface area contributed by atoms with Crippen LogP contribution in [0.5, 0.6) is 0 Å².